The second-order valence-electron chi connectivity index (χ2n) is 8.18. The van der Waals surface area contributed by atoms with Crippen LogP contribution in [0.5, 0.6) is 0 Å². The average molecular weight is 442 g/mol. The molecule has 2 fully saturated rings. The van der Waals surface area contributed by atoms with Crippen LogP contribution in [0.2, 0.25) is 5.02 Å². The van der Waals surface area contributed by atoms with Crippen molar-refractivity contribution in [2.75, 3.05) is 31.5 Å². The minimum Gasteiger partial charge on any atom is -0.342 e. The quantitative estimate of drug-likeness (QED) is 0.679. The first-order chi connectivity index (χ1) is 15.1. The van der Waals surface area contributed by atoms with Gasteiger partial charge in [0.25, 0.3) is 0 Å². The van der Waals surface area contributed by atoms with Gasteiger partial charge in [-0.05, 0) is 56.6 Å². The van der Waals surface area contributed by atoms with Crippen LogP contribution in [-0.4, -0.2) is 54.0 Å². The molecule has 31 heavy (non-hydrogen) atoms. The van der Waals surface area contributed by atoms with E-state index in [0.29, 0.717) is 24.5 Å². The fourth-order valence-electron chi connectivity index (χ4n) is 4.42. The second-order valence-corrected chi connectivity index (χ2v) is 8.61. The lowest BCUT2D eigenvalue weighted by Gasteiger charge is -2.40. The van der Waals surface area contributed by atoms with E-state index >= 15 is 0 Å². The predicted molar refractivity (Wildman–Crippen MR) is 121 cm³/mol. The highest BCUT2D eigenvalue weighted by molar-refractivity contribution is 6.30. The molecule has 0 radical (unpaired) electrons. The number of carbonyl (C=O) groups is 2. The smallest absolute Gasteiger partial charge is 0.319 e. The molecular formula is C23H28ClN5O2. The number of anilines is 1. The molecule has 2 aliphatic rings. The third kappa shape index (κ3) is 5.54. The topological polar surface area (TPSA) is 86.4 Å². The Balaban J connectivity index is 1.47. The highest BCUT2D eigenvalue weighted by Crippen LogP contribution is 2.29. The summed E-state index contributed by atoms with van der Waals surface area (Å²) in [5.74, 6) is 0.192. The number of likely N-dealkylation sites (tertiary alicyclic amines) is 1. The normalized spacial score (nSPS) is 22.0. The number of nitrogens with zero attached hydrogens (tertiary/aromatic N) is 2. The Labute approximate surface area is 187 Å². The van der Waals surface area contributed by atoms with Crippen LogP contribution in [0.15, 0.2) is 48.7 Å². The molecule has 2 saturated heterocycles. The van der Waals surface area contributed by atoms with Gasteiger partial charge in [-0.2, -0.15) is 0 Å². The molecule has 3 N–H and O–H groups in total. The predicted octanol–water partition coefficient (Wildman–Crippen LogP) is 3.24. The summed E-state index contributed by atoms with van der Waals surface area (Å²) in [5, 5.41) is 9.85. The van der Waals surface area contributed by atoms with Crippen molar-refractivity contribution in [2.24, 2.45) is 5.92 Å². The standard InChI is InChI=1S/C23H28ClN5O2/c24-17-6-7-20(26-14-17)19-15-29(22(30)16-8-11-25-12-9-16)13-10-21(19)28-23(31)27-18-4-2-1-3-5-18/h1-7,14,16,19,21,25H,8-13,15H2,(H2,27,28,31). The molecule has 0 spiro atoms. The molecule has 4 rings (SSSR count). The van der Waals surface area contributed by atoms with E-state index in [4.69, 9.17) is 11.6 Å². The van der Waals surface area contributed by atoms with Crippen LogP contribution in [0.3, 0.4) is 0 Å². The number of hydrogen-bond donors (Lipinski definition) is 3. The van der Waals surface area contributed by atoms with Gasteiger partial charge in [0.1, 0.15) is 0 Å². The lowest BCUT2D eigenvalue weighted by atomic mass is 9.87. The number of amides is 3. The first kappa shape index (κ1) is 21.6. The van der Waals surface area contributed by atoms with Gasteiger partial charge in [-0.1, -0.05) is 29.8 Å². The fourth-order valence-corrected chi connectivity index (χ4v) is 4.53. The van der Waals surface area contributed by atoms with E-state index in [2.05, 4.69) is 20.9 Å². The fraction of sp³-hybridized carbons (Fsp3) is 0.435. The SMILES string of the molecule is O=C(Nc1ccccc1)NC1CCN(C(=O)C2CCNCC2)CC1c1ccc(Cl)cn1. The first-order valence-electron chi connectivity index (χ1n) is 10.8. The molecule has 1 aromatic carbocycles. The van der Waals surface area contributed by atoms with E-state index in [-0.39, 0.29) is 29.8 Å². The molecule has 164 valence electrons. The van der Waals surface area contributed by atoms with Crippen molar-refractivity contribution in [1.82, 2.24) is 20.5 Å². The molecular weight excluding hydrogens is 414 g/mol. The molecule has 3 heterocycles. The van der Waals surface area contributed by atoms with Gasteiger partial charge in [0.2, 0.25) is 5.91 Å². The zero-order valence-corrected chi connectivity index (χ0v) is 18.1. The highest BCUT2D eigenvalue weighted by atomic mass is 35.5. The molecule has 2 aromatic rings. The minimum atomic E-state index is -0.256. The molecule has 2 aliphatic heterocycles. The third-order valence-electron chi connectivity index (χ3n) is 6.09. The van der Waals surface area contributed by atoms with Gasteiger partial charge >= 0.3 is 6.03 Å². The Morgan fingerprint density at radius 3 is 2.55 bits per heavy atom. The van der Waals surface area contributed by atoms with Crippen molar-refractivity contribution in [2.45, 2.75) is 31.2 Å². The molecule has 7 nitrogen and oxygen atoms in total. The van der Waals surface area contributed by atoms with Crippen molar-refractivity contribution in [3.8, 4) is 0 Å². The number of urea groups is 1. The number of aromatic nitrogens is 1. The highest BCUT2D eigenvalue weighted by Gasteiger charge is 2.36. The summed E-state index contributed by atoms with van der Waals surface area (Å²) < 4.78 is 0. The van der Waals surface area contributed by atoms with Crippen LogP contribution in [0.25, 0.3) is 0 Å². The molecule has 0 bridgehead atoms. The van der Waals surface area contributed by atoms with Gasteiger partial charge in [-0.15, -0.1) is 0 Å². The van der Waals surface area contributed by atoms with Crippen molar-refractivity contribution < 1.29 is 9.59 Å². The van der Waals surface area contributed by atoms with Crippen LogP contribution in [0, 0.1) is 5.92 Å². The number of benzene rings is 1. The van der Waals surface area contributed by atoms with Crippen molar-refractivity contribution in [3.63, 3.8) is 0 Å². The molecule has 2 unspecified atom stereocenters. The van der Waals surface area contributed by atoms with Crippen molar-refractivity contribution >= 4 is 29.2 Å². The zero-order valence-electron chi connectivity index (χ0n) is 17.4. The first-order valence-corrected chi connectivity index (χ1v) is 11.2. The number of nitrogens with one attached hydrogen (secondary N) is 3. The Morgan fingerprint density at radius 2 is 1.84 bits per heavy atom. The van der Waals surface area contributed by atoms with E-state index < -0.39 is 0 Å². The summed E-state index contributed by atoms with van der Waals surface area (Å²) in [6.07, 6.45) is 4.04. The lowest BCUT2D eigenvalue weighted by Crippen LogP contribution is -2.53. The van der Waals surface area contributed by atoms with Gasteiger partial charge < -0.3 is 20.9 Å². The summed E-state index contributed by atoms with van der Waals surface area (Å²) >= 11 is 6.03. The van der Waals surface area contributed by atoms with Gasteiger partial charge in [-0.25, -0.2) is 4.79 Å². The summed E-state index contributed by atoms with van der Waals surface area (Å²) in [6, 6.07) is 12.6. The van der Waals surface area contributed by atoms with Gasteiger partial charge in [0.15, 0.2) is 0 Å². The maximum absolute atomic E-state index is 13.1. The largest absolute Gasteiger partial charge is 0.342 e. The van der Waals surface area contributed by atoms with Crippen molar-refractivity contribution in [3.05, 3.63) is 59.4 Å². The van der Waals surface area contributed by atoms with E-state index in [1.165, 1.54) is 0 Å². The molecule has 0 aliphatic carbocycles. The Kier molecular flexibility index (Phi) is 7.04. The van der Waals surface area contributed by atoms with Crippen LogP contribution in [0.1, 0.15) is 30.9 Å². The lowest BCUT2D eigenvalue weighted by molar-refractivity contribution is -0.137. The van der Waals surface area contributed by atoms with E-state index in [1.807, 2.05) is 41.3 Å². The summed E-state index contributed by atoms with van der Waals surface area (Å²) in [7, 11) is 0. The number of rotatable bonds is 4. The Hall–Kier alpha value is -2.64. The minimum absolute atomic E-state index is 0.0750. The van der Waals surface area contributed by atoms with Gasteiger partial charge in [0.05, 0.1) is 5.02 Å². The number of hydrogen-bond acceptors (Lipinski definition) is 4. The molecule has 1 aromatic heterocycles. The zero-order chi connectivity index (χ0) is 21.6. The van der Waals surface area contributed by atoms with E-state index in [1.54, 1.807) is 12.3 Å². The van der Waals surface area contributed by atoms with Crippen LogP contribution in [-0.2, 0) is 4.79 Å². The third-order valence-corrected chi connectivity index (χ3v) is 6.31. The summed E-state index contributed by atoms with van der Waals surface area (Å²) in [5.41, 5.74) is 1.57. The number of para-hydroxylation sites is 1. The van der Waals surface area contributed by atoms with Crippen LogP contribution in [0.4, 0.5) is 10.5 Å². The van der Waals surface area contributed by atoms with Crippen LogP contribution < -0.4 is 16.0 Å². The maximum Gasteiger partial charge on any atom is 0.319 e. The van der Waals surface area contributed by atoms with E-state index in [0.717, 1.165) is 37.3 Å². The average Bonchev–Trinajstić information content (AvgIpc) is 2.81. The molecule has 0 saturated carbocycles. The van der Waals surface area contributed by atoms with Crippen LogP contribution >= 0.6 is 11.6 Å². The molecule has 8 heteroatoms. The number of carbonyl (C=O) groups excluding carboxylic acids is 2. The van der Waals surface area contributed by atoms with Gasteiger partial charge in [0, 0.05) is 48.5 Å². The summed E-state index contributed by atoms with van der Waals surface area (Å²) in [6.45, 7) is 2.93. The Morgan fingerprint density at radius 1 is 1.06 bits per heavy atom. The number of halogens is 1. The monoisotopic (exact) mass is 441 g/mol. The van der Waals surface area contributed by atoms with Gasteiger partial charge in [-0.3, -0.25) is 9.78 Å². The Bertz CT molecular complexity index is 887. The summed E-state index contributed by atoms with van der Waals surface area (Å²) in [4.78, 5) is 32.2. The number of pyridine rings is 1. The van der Waals surface area contributed by atoms with Crippen molar-refractivity contribution in [1.29, 1.82) is 0 Å². The maximum atomic E-state index is 13.1. The van der Waals surface area contributed by atoms with E-state index in [9.17, 15) is 9.59 Å². The number of piperidine rings is 2. The molecule has 3 amide bonds. The molecule has 2 atom stereocenters. The second kappa shape index (κ2) is 10.1.